The lowest BCUT2D eigenvalue weighted by molar-refractivity contribution is 0.579. The van der Waals surface area contributed by atoms with Crippen LogP contribution in [0.4, 0.5) is 0 Å². The Morgan fingerprint density at radius 2 is 1.92 bits per heavy atom. The zero-order chi connectivity index (χ0) is 10.3. The maximum atomic E-state index is 11.6. The molecule has 0 aromatic heterocycles. The second-order valence-electron chi connectivity index (χ2n) is 3.62. The molecule has 0 aliphatic heterocycles. The maximum absolute atomic E-state index is 11.6. The summed E-state index contributed by atoms with van der Waals surface area (Å²) in [7, 11) is -0.661. The summed E-state index contributed by atoms with van der Waals surface area (Å²) in [5.74, 6) is 0.787. The van der Waals surface area contributed by atoms with Crippen molar-refractivity contribution in [3.05, 3.63) is 0 Å². The van der Waals surface area contributed by atoms with Crippen molar-refractivity contribution in [2.75, 3.05) is 12.3 Å². The van der Waals surface area contributed by atoms with Gasteiger partial charge in [-0.2, -0.15) is 0 Å². The average molecular weight is 205 g/mol. The summed E-state index contributed by atoms with van der Waals surface area (Å²) >= 11 is 0. The molecular formula is C10H23NOS. The normalized spacial score (nSPS) is 18.2. The predicted molar refractivity (Wildman–Crippen MR) is 60.5 cm³/mol. The van der Waals surface area contributed by atoms with E-state index in [9.17, 15) is 4.21 Å². The van der Waals surface area contributed by atoms with Gasteiger partial charge in [-0.05, 0) is 26.3 Å². The Hall–Kier alpha value is 0.110. The second kappa shape index (κ2) is 7.51. The standard InChI is InChI=1S/C10H23NOS/c1-5-7-11-9(3)8-13(12)10(4)6-2/h9-11H,5-8H2,1-4H3. The Labute approximate surface area is 84.9 Å². The Balaban J connectivity index is 3.64. The molecule has 0 rings (SSSR count). The molecule has 0 aliphatic rings. The van der Waals surface area contributed by atoms with Crippen molar-refractivity contribution in [3.8, 4) is 0 Å². The van der Waals surface area contributed by atoms with Crippen LogP contribution in [0.5, 0.6) is 0 Å². The van der Waals surface area contributed by atoms with Crippen LogP contribution in [0.2, 0.25) is 0 Å². The van der Waals surface area contributed by atoms with Crippen LogP contribution >= 0.6 is 0 Å². The molecule has 2 nitrogen and oxygen atoms in total. The zero-order valence-corrected chi connectivity index (χ0v) is 10.1. The predicted octanol–water partition coefficient (Wildman–Crippen LogP) is 1.92. The Morgan fingerprint density at radius 3 is 2.38 bits per heavy atom. The van der Waals surface area contributed by atoms with Crippen molar-refractivity contribution in [1.82, 2.24) is 5.32 Å². The van der Waals surface area contributed by atoms with E-state index in [-0.39, 0.29) is 0 Å². The molecule has 0 fully saturated rings. The highest BCUT2D eigenvalue weighted by Gasteiger charge is 2.11. The molecule has 80 valence electrons. The fourth-order valence-electron chi connectivity index (χ4n) is 1.05. The number of hydrogen-bond acceptors (Lipinski definition) is 2. The molecule has 0 saturated heterocycles. The first-order valence-corrected chi connectivity index (χ1v) is 6.60. The minimum Gasteiger partial charge on any atom is -0.313 e. The molecule has 0 spiro atoms. The van der Waals surface area contributed by atoms with Gasteiger partial charge in [0.05, 0.1) is 0 Å². The van der Waals surface area contributed by atoms with Gasteiger partial charge in [-0.1, -0.05) is 20.8 Å². The van der Waals surface area contributed by atoms with Crippen LogP contribution < -0.4 is 5.32 Å². The van der Waals surface area contributed by atoms with Crippen molar-refractivity contribution in [2.45, 2.75) is 51.8 Å². The average Bonchev–Trinajstić information content (AvgIpc) is 2.13. The summed E-state index contributed by atoms with van der Waals surface area (Å²) in [5.41, 5.74) is 0. The number of rotatable bonds is 7. The van der Waals surface area contributed by atoms with Gasteiger partial charge >= 0.3 is 0 Å². The van der Waals surface area contributed by atoms with Crippen molar-refractivity contribution in [1.29, 1.82) is 0 Å². The van der Waals surface area contributed by atoms with E-state index in [0.717, 1.165) is 25.1 Å². The first kappa shape index (κ1) is 13.1. The lowest BCUT2D eigenvalue weighted by atomic mass is 10.3. The van der Waals surface area contributed by atoms with Gasteiger partial charge in [0, 0.05) is 27.8 Å². The van der Waals surface area contributed by atoms with Gasteiger partial charge in [0.1, 0.15) is 0 Å². The van der Waals surface area contributed by atoms with Crippen molar-refractivity contribution < 1.29 is 4.21 Å². The third-order valence-electron chi connectivity index (χ3n) is 2.18. The summed E-state index contributed by atoms with van der Waals surface area (Å²) in [6.45, 7) is 9.43. The first-order chi connectivity index (χ1) is 6.11. The summed E-state index contributed by atoms with van der Waals surface area (Å²) < 4.78 is 11.6. The van der Waals surface area contributed by atoms with E-state index >= 15 is 0 Å². The Kier molecular flexibility index (Phi) is 7.57. The lowest BCUT2D eigenvalue weighted by Crippen LogP contribution is -2.33. The van der Waals surface area contributed by atoms with Gasteiger partial charge in [0.2, 0.25) is 0 Å². The van der Waals surface area contributed by atoms with Gasteiger partial charge in [-0.25, -0.2) is 0 Å². The van der Waals surface area contributed by atoms with Crippen LogP contribution in [-0.4, -0.2) is 27.8 Å². The molecule has 0 aromatic rings. The van der Waals surface area contributed by atoms with Gasteiger partial charge < -0.3 is 5.32 Å². The number of nitrogens with one attached hydrogen (secondary N) is 1. The van der Waals surface area contributed by atoms with Crippen molar-refractivity contribution >= 4 is 10.8 Å². The minimum atomic E-state index is -0.661. The molecule has 1 N–H and O–H groups in total. The molecule has 0 radical (unpaired) electrons. The highest BCUT2D eigenvalue weighted by Crippen LogP contribution is 2.02. The van der Waals surface area contributed by atoms with Gasteiger partial charge in [0.25, 0.3) is 0 Å². The molecule has 0 aromatic carbocycles. The van der Waals surface area contributed by atoms with Crippen molar-refractivity contribution in [2.24, 2.45) is 0 Å². The quantitative estimate of drug-likeness (QED) is 0.688. The van der Waals surface area contributed by atoms with Crippen LogP contribution in [0.15, 0.2) is 0 Å². The maximum Gasteiger partial charge on any atom is 0.0388 e. The van der Waals surface area contributed by atoms with Gasteiger partial charge in [-0.15, -0.1) is 0 Å². The molecule has 0 aliphatic carbocycles. The third-order valence-corrected chi connectivity index (χ3v) is 4.24. The fraction of sp³-hybridized carbons (Fsp3) is 1.00. The third kappa shape index (κ3) is 6.22. The van der Waals surface area contributed by atoms with Crippen LogP contribution in [0.3, 0.4) is 0 Å². The van der Waals surface area contributed by atoms with Crippen LogP contribution in [0.25, 0.3) is 0 Å². The molecule has 3 atom stereocenters. The van der Waals surface area contributed by atoms with Crippen molar-refractivity contribution in [3.63, 3.8) is 0 Å². The Morgan fingerprint density at radius 1 is 1.31 bits per heavy atom. The largest absolute Gasteiger partial charge is 0.313 e. The molecule has 3 unspecified atom stereocenters. The van der Waals surface area contributed by atoms with E-state index in [1.54, 1.807) is 0 Å². The highest BCUT2D eigenvalue weighted by atomic mass is 32.2. The molecule has 0 heterocycles. The lowest BCUT2D eigenvalue weighted by Gasteiger charge is -2.15. The Bertz CT molecular complexity index is 150. The summed E-state index contributed by atoms with van der Waals surface area (Å²) in [4.78, 5) is 0. The van der Waals surface area contributed by atoms with Crippen LogP contribution in [0, 0.1) is 0 Å². The van der Waals surface area contributed by atoms with E-state index in [1.165, 1.54) is 0 Å². The van der Waals surface area contributed by atoms with E-state index in [0.29, 0.717) is 11.3 Å². The highest BCUT2D eigenvalue weighted by molar-refractivity contribution is 7.85. The molecule has 3 heteroatoms. The monoisotopic (exact) mass is 205 g/mol. The SMILES string of the molecule is CCCNC(C)CS(=O)C(C)CC. The molecule has 0 amide bonds. The van der Waals surface area contributed by atoms with E-state index in [4.69, 9.17) is 0 Å². The summed E-state index contributed by atoms with van der Waals surface area (Å²) in [6.07, 6.45) is 2.15. The smallest absolute Gasteiger partial charge is 0.0388 e. The zero-order valence-electron chi connectivity index (χ0n) is 9.30. The summed E-state index contributed by atoms with van der Waals surface area (Å²) in [6, 6.07) is 0.384. The topological polar surface area (TPSA) is 29.1 Å². The van der Waals surface area contributed by atoms with Crippen LogP contribution in [0.1, 0.15) is 40.5 Å². The van der Waals surface area contributed by atoms with Gasteiger partial charge in [0.15, 0.2) is 0 Å². The minimum absolute atomic E-state index is 0.339. The molecule has 0 saturated carbocycles. The summed E-state index contributed by atoms with van der Waals surface area (Å²) in [5, 5.41) is 3.69. The van der Waals surface area contributed by atoms with E-state index in [1.807, 2.05) is 0 Å². The van der Waals surface area contributed by atoms with Gasteiger partial charge in [-0.3, -0.25) is 4.21 Å². The molecular weight excluding hydrogens is 182 g/mol. The molecule has 13 heavy (non-hydrogen) atoms. The first-order valence-electron chi connectivity index (χ1n) is 5.22. The van der Waals surface area contributed by atoms with E-state index in [2.05, 4.69) is 33.0 Å². The second-order valence-corrected chi connectivity index (χ2v) is 5.52. The van der Waals surface area contributed by atoms with E-state index < -0.39 is 10.8 Å². The fourth-order valence-corrected chi connectivity index (χ4v) is 2.36. The van der Waals surface area contributed by atoms with Crippen LogP contribution in [-0.2, 0) is 10.8 Å². The molecule has 0 bridgehead atoms. The number of hydrogen-bond donors (Lipinski definition) is 1.